The van der Waals surface area contributed by atoms with E-state index < -0.39 is 0 Å². The average Bonchev–Trinajstić information content (AvgIpc) is 3.40. The van der Waals surface area contributed by atoms with Crippen molar-refractivity contribution in [2.24, 2.45) is 11.7 Å². The molecular formula is C23H24N2O2S. The molecule has 0 radical (unpaired) electrons. The summed E-state index contributed by atoms with van der Waals surface area (Å²) in [5, 5.41) is 0. The number of ether oxygens (including phenoxy) is 1. The number of rotatable bonds is 6. The van der Waals surface area contributed by atoms with Gasteiger partial charge in [-0.25, -0.2) is 0 Å². The average molecular weight is 393 g/mol. The molecule has 0 saturated carbocycles. The lowest BCUT2D eigenvalue weighted by Gasteiger charge is -2.16. The van der Waals surface area contributed by atoms with Crippen LogP contribution >= 0.6 is 11.3 Å². The van der Waals surface area contributed by atoms with Gasteiger partial charge < -0.3 is 15.4 Å². The topological polar surface area (TPSA) is 55.6 Å². The molecular weight excluding hydrogens is 368 g/mol. The summed E-state index contributed by atoms with van der Waals surface area (Å²) in [6.07, 6.45) is 0.972. The summed E-state index contributed by atoms with van der Waals surface area (Å²) in [6, 6.07) is 22.1. The number of benzene rings is 2. The van der Waals surface area contributed by atoms with E-state index >= 15 is 0 Å². The van der Waals surface area contributed by atoms with E-state index in [9.17, 15) is 4.79 Å². The first-order chi connectivity index (χ1) is 13.7. The molecule has 28 heavy (non-hydrogen) atoms. The second-order valence-corrected chi connectivity index (χ2v) is 8.14. The van der Waals surface area contributed by atoms with Gasteiger partial charge in [-0.05, 0) is 36.1 Å². The first-order valence-corrected chi connectivity index (χ1v) is 10.4. The maximum absolute atomic E-state index is 13.2. The molecule has 1 aliphatic rings. The SMILES string of the molecule is NCC1CCN(C(=O)c2sc(-c3ccccc3)cc2OCc2ccccc2)C1. The fourth-order valence-electron chi connectivity index (χ4n) is 3.46. The number of carbonyl (C=O) groups excluding carboxylic acids is 1. The maximum atomic E-state index is 13.2. The van der Waals surface area contributed by atoms with Crippen LogP contribution in [0.3, 0.4) is 0 Å². The number of nitrogens with zero attached hydrogens (tertiary/aromatic N) is 1. The van der Waals surface area contributed by atoms with Crippen molar-refractivity contribution in [3.8, 4) is 16.2 Å². The van der Waals surface area contributed by atoms with Gasteiger partial charge in [-0.15, -0.1) is 11.3 Å². The van der Waals surface area contributed by atoms with E-state index in [1.165, 1.54) is 11.3 Å². The Morgan fingerprint density at radius 2 is 1.82 bits per heavy atom. The first kappa shape index (κ1) is 18.7. The van der Waals surface area contributed by atoms with Crippen LogP contribution in [-0.4, -0.2) is 30.4 Å². The Balaban J connectivity index is 1.61. The number of nitrogens with two attached hydrogens (primary N) is 1. The minimum atomic E-state index is 0.0474. The molecule has 0 aliphatic carbocycles. The van der Waals surface area contributed by atoms with E-state index in [0.29, 0.717) is 29.7 Å². The van der Waals surface area contributed by atoms with E-state index in [2.05, 4.69) is 12.1 Å². The molecule has 1 unspecified atom stereocenters. The number of amides is 1. The zero-order valence-electron chi connectivity index (χ0n) is 15.7. The third kappa shape index (κ3) is 4.11. The highest BCUT2D eigenvalue weighted by molar-refractivity contribution is 7.17. The van der Waals surface area contributed by atoms with Crippen LogP contribution in [0.25, 0.3) is 10.4 Å². The van der Waals surface area contributed by atoms with Gasteiger partial charge in [-0.2, -0.15) is 0 Å². The van der Waals surface area contributed by atoms with E-state index in [4.69, 9.17) is 10.5 Å². The quantitative estimate of drug-likeness (QED) is 0.676. The molecule has 0 bridgehead atoms. The summed E-state index contributed by atoms with van der Waals surface area (Å²) in [7, 11) is 0. The van der Waals surface area contributed by atoms with Crippen LogP contribution in [-0.2, 0) is 6.61 Å². The van der Waals surface area contributed by atoms with Crippen LogP contribution in [0.5, 0.6) is 5.75 Å². The molecule has 4 rings (SSSR count). The predicted molar refractivity (Wildman–Crippen MR) is 114 cm³/mol. The number of carbonyl (C=O) groups is 1. The number of likely N-dealkylation sites (tertiary alicyclic amines) is 1. The second kappa shape index (κ2) is 8.59. The monoisotopic (exact) mass is 392 g/mol. The zero-order valence-corrected chi connectivity index (χ0v) is 16.5. The number of hydrogen-bond acceptors (Lipinski definition) is 4. The van der Waals surface area contributed by atoms with Crippen LogP contribution in [0.15, 0.2) is 66.7 Å². The third-order valence-corrected chi connectivity index (χ3v) is 6.25. The second-order valence-electron chi connectivity index (χ2n) is 7.09. The molecule has 2 N–H and O–H groups in total. The molecule has 3 aromatic rings. The molecule has 2 heterocycles. The van der Waals surface area contributed by atoms with Crippen molar-refractivity contribution in [1.82, 2.24) is 4.90 Å². The van der Waals surface area contributed by atoms with Crippen LogP contribution in [0.1, 0.15) is 21.7 Å². The minimum absolute atomic E-state index is 0.0474. The summed E-state index contributed by atoms with van der Waals surface area (Å²) < 4.78 is 6.10. The van der Waals surface area contributed by atoms with Gasteiger partial charge in [0.1, 0.15) is 17.2 Å². The van der Waals surface area contributed by atoms with E-state index in [-0.39, 0.29) is 5.91 Å². The lowest BCUT2D eigenvalue weighted by Crippen LogP contribution is -2.29. The van der Waals surface area contributed by atoms with E-state index in [0.717, 1.165) is 35.5 Å². The van der Waals surface area contributed by atoms with Crippen molar-refractivity contribution in [3.63, 3.8) is 0 Å². The zero-order chi connectivity index (χ0) is 19.3. The standard InChI is InChI=1S/C23H24N2O2S/c24-14-18-11-12-25(15-18)23(26)22-20(27-16-17-7-3-1-4-8-17)13-21(28-22)19-9-5-2-6-10-19/h1-10,13,18H,11-12,14-16,24H2. The highest BCUT2D eigenvalue weighted by atomic mass is 32.1. The van der Waals surface area contributed by atoms with Gasteiger partial charge in [0, 0.05) is 18.0 Å². The predicted octanol–water partition coefficient (Wildman–Crippen LogP) is 4.41. The van der Waals surface area contributed by atoms with Gasteiger partial charge in [0.05, 0.1) is 0 Å². The van der Waals surface area contributed by atoms with Crippen LogP contribution in [0, 0.1) is 5.92 Å². The Morgan fingerprint density at radius 1 is 1.11 bits per heavy atom. The Kier molecular flexibility index (Phi) is 5.74. The molecule has 1 fully saturated rings. The summed E-state index contributed by atoms with van der Waals surface area (Å²) in [5.41, 5.74) is 7.97. The molecule has 0 spiro atoms. The number of hydrogen-bond donors (Lipinski definition) is 1. The van der Waals surface area contributed by atoms with E-state index in [1.54, 1.807) is 0 Å². The summed E-state index contributed by atoms with van der Waals surface area (Å²) in [5.74, 6) is 1.10. The molecule has 1 aliphatic heterocycles. The normalized spacial score (nSPS) is 16.3. The van der Waals surface area contributed by atoms with Crippen molar-refractivity contribution >= 4 is 17.2 Å². The van der Waals surface area contributed by atoms with Gasteiger partial charge in [-0.1, -0.05) is 60.7 Å². The van der Waals surface area contributed by atoms with Crippen LogP contribution in [0.2, 0.25) is 0 Å². The minimum Gasteiger partial charge on any atom is -0.487 e. The highest BCUT2D eigenvalue weighted by Gasteiger charge is 2.29. The Labute approximate surface area is 169 Å². The summed E-state index contributed by atoms with van der Waals surface area (Å²) >= 11 is 1.50. The Hall–Kier alpha value is -2.63. The smallest absolute Gasteiger partial charge is 0.267 e. The highest BCUT2D eigenvalue weighted by Crippen LogP contribution is 2.38. The lowest BCUT2D eigenvalue weighted by atomic mass is 10.1. The van der Waals surface area contributed by atoms with Crippen molar-refractivity contribution in [2.45, 2.75) is 13.0 Å². The van der Waals surface area contributed by atoms with Gasteiger partial charge in [-0.3, -0.25) is 4.79 Å². The third-order valence-electron chi connectivity index (χ3n) is 5.09. The summed E-state index contributed by atoms with van der Waals surface area (Å²) in [4.78, 5) is 16.8. The molecule has 1 aromatic heterocycles. The van der Waals surface area contributed by atoms with Crippen LogP contribution in [0.4, 0.5) is 0 Å². The molecule has 144 valence electrons. The van der Waals surface area contributed by atoms with Gasteiger partial charge in [0.15, 0.2) is 0 Å². The van der Waals surface area contributed by atoms with Crippen molar-refractivity contribution < 1.29 is 9.53 Å². The van der Waals surface area contributed by atoms with Gasteiger partial charge >= 0.3 is 0 Å². The van der Waals surface area contributed by atoms with Crippen molar-refractivity contribution in [1.29, 1.82) is 0 Å². The Bertz CT molecular complexity index is 924. The lowest BCUT2D eigenvalue weighted by molar-refractivity contribution is 0.0788. The fourth-order valence-corrected chi connectivity index (χ4v) is 4.54. The first-order valence-electron chi connectivity index (χ1n) is 9.60. The largest absolute Gasteiger partial charge is 0.487 e. The molecule has 2 aromatic carbocycles. The van der Waals surface area contributed by atoms with Crippen molar-refractivity contribution in [3.05, 3.63) is 77.2 Å². The maximum Gasteiger partial charge on any atom is 0.267 e. The van der Waals surface area contributed by atoms with Gasteiger partial charge in [0.25, 0.3) is 5.91 Å². The van der Waals surface area contributed by atoms with Crippen molar-refractivity contribution in [2.75, 3.05) is 19.6 Å². The number of thiophene rings is 1. The van der Waals surface area contributed by atoms with Gasteiger partial charge in [0.2, 0.25) is 0 Å². The van der Waals surface area contributed by atoms with Crippen LogP contribution < -0.4 is 10.5 Å². The molecule has 1 saturated heterocycles. The molecule has 4 nitrogen and oxygen atoms in total. The Morgan fingerprint density at radius 3 is 2.50 bits per heavy atom. The molecule has 1 atom stereocenters. The van der Waals surface area contributed by atoms with E-state index in [1.807, 2.05) is 59.5 Å². The molecule has 1 amide bonds. The summed E-state index contributed by atoms with van der Waals surface area (Å²) in [6.45, 7) is 2.56. The molecule has 5 heteroatoms. The fraction of sp³-hybridized carbons (Fsp3) is 0.261.